The van der Waals surface area contributed by atoms with Gasteiger partial charge < -0.3 is 22.1 Å². The van der Waals surface area contributed by atoms with Crippen LogP contribution < -0.4 is 32.0 Å². The van der Waals surface area contributed by atoms with Crippen molar-refractivity contribution in [2.75, 3.05) is 29.5 Å². The molecule has 0 atom stereocenters. The zero-order valence-electron chi connectivity index (χ0n) is 34.0. The van der Waals surface area contributed by atoms with E-state index in [1.165, 1.54) is 48.9 Å². The third-order valence-corrected chi connectivity index (χ3v) is 11.0. The Hall–Kier alpha value is -5.99. The topological polar surface area (TPSA) is 122 Å². The predicted octanol–water partition coefficient (Wildman–Crippen LogP) is 10.2. The van der Waals surface area contributed by atoms with Crippen molar-refractivity contribution in [3.63, 3.8) is 0 Å². The Morgan fingerprint density at radius 3 is 1.91 bits per heavy atom. The average molecular weight is 759 g/mol. The van der Waals surface area contributed by atoms with E-state index in [2.05, 4.69) is 144 Å². The second-order valence-corrected chi connectivity index (χ2v) is 15.5. The van der Waals surface area contributed by atoms with Gasteiger partial charge in [0.05, 0.1) is 0 Å². The van der Waals surface area contributed by atoms with Gasteiger partial charge in [-0.1, -0.05) is 74.6 Å². The van der Waals surface area contributed by atoms with Gasteiger partial charge in [-0.05, 0) is 99.2 Å². The molecule has 0 spiro atoms. The van der Waals surface area contributed by atoms with Gasteiger partial charge in [0.1, 0.15) is 22.4 Å². The molecule has 8 heteroatoms. The zero-order chi connectivity index (χ0) is 39.7. The van der Waals surface area contributed by atoms with Crippen LogP contribution in [0.2, 0.25) is 0 Å². The monoisotopic (exact) mass is 758 g/mol. The summed E-state index contributed by atoms with van der Waals surface area (Å²) in [5, 5.41) is 9.70. The Bertz CT molecular complexity index is 2450. The smallest absolute Gasteiger partial charge is 0.239 e. The first kappa shape index (κ1) is 39.3. The van der Waals surface area contributed by atoms with Crippen molar-refractivity contribution in [3.05, 3.63) is 137 Å². The molecule has 1 aliphatic carbocycles. The van der Waals surface area contributed by atoms with Gasteiger partial charge in [0.2, 0.25) is 16.7 Å². The molecule has 0 saturated heterocycles. The molecule has 8 N–H and O–H groups in total. The molecule has 1 aromatic heterocycles. The van der Waals surface area contributed by atoms with Crippen LogP contribution in [0, 0.1) is 20.8 Å². The van der Waals surface area contributed by atoms with Crippen molar-refractivity contribution in [1.29, 1.82) is 0 Å². The number of aromatic nitrogens is 2. The summed E-state index contributed by atoms with van der Waals surface area (Å²) in [6.07, 6.45) is 13.5. The maximum Gasteiger partial charge on any atom is 0.239 e. The average Bonchev–Trinajstić information content (AvgIpc) is 3.20. The molecule has 0 saturated carbocycles. The van der Waals surface area contributed by atoms with Gasteiger partial charge in [0.15, 0.2) is 5.69 Å². The van der Waals surface area contributed by atoms with Crippen LogP contribution in [0.25, 0.3) is 27.8 Å². The number of nitrogen functional groups attached to an aromatic ring is 1. The second-order valence-electron chi connectivity index (χ2n) is 15.5. The van der Waals surface area contributed by atoms with Gasteiger partial charge in [-0.2, -0.15) is 0 Å². The zero-order valence-corrected chi connectivity index (χ0v) is 34.0. The number of fused-ring (bicyclic) bond motifs is 2. The van der Waals surface area contributed by atoms with Crippen LogP contribution in [0.3, 0.4) is 0 Å². The highest BCUT2D eigenvalue weighted by atomic mass is 15.0. The van der Waals surface area contributed by atoms with Gasteiger partial charge in [0.25, 0.3) is 0 Å². The minimum absolute atomic E-state index is 0.747. The van der Waals surface area contributed by atoms with E-state index in [0.717, 1.165) is 111 Å². The lowest BCUT2D eigenvalue weighted by molar-refractivity contribution is -0.538. The van der Waals surface area contributed by atoms with Gasteiger partial charge in [0, 0.05) is 78.3 Å². The van der Waals surface area contributed by atoms with Crippen LogP contribution in [-0.2, 0) is 0 Å². The summed E-state index contributed by atoms with van der Waals surface area (Å²) in [5.74, 6) is 0. The van der Waals surface area contributed by atoms with E-state index in [0.29, 0.717) is 0 Å². The number of unbranched alkanes of at least 4 members (excludes halogenated alkanes) is 6. The first-order valence-electron chi connectivity index (χ1n) is 20.6. The van der Waals surface area contributed by atoms with Crippen LogP contribution in [0.15, 0.2) is 125 Å². The van der Waals surface area contributed by atoms with Crippen LogP contribution >= 0.6 is 0 Å². The first-order valence-corrected chi connectivity index (χ1v) is 20.6. The molecule has 0 bridgehead atoms. The molecule has 0 radical (unpaired) electrons. The fourth-order valence-electron chi connectivity index (χ4n) is 7.64. The molecule has 57 heavy (non-hydrogen) atoms. The Labute approximate surface area is 337 Å². The number of rotatable bonds is 16. The maximum absolute atomic E-state index is 6.40. The number of benzene rings is 5. The van der Waals surface area contributed by atoms with E-state index in [1.807, 2.05) is 13.8 Å². The Morgan fingerprint density at radius 1 is 0.667 bits per heavy atom. The molecule has 0 aliphatic heterocycles. The van der Waals surface area contributed by atoms with Gasteiger partial charge in [-0.15, -0.1) is 4.57 Å². The van der Waals surface area contributed by atoms with Crippen LogP contribution in [0.1, 0.15) is 75.0 Å². The highest BCUT2D eigenvalue weighted by Crippen LogP contribution is 2.31. The normalized spacial score (nSPS) is 13.6. The highest BCUT2D eigenvalue weighted by Gasteiger charge is 2.22. The number of nitrogens with one attached hydrogen (secondary N) is 2. The highest BCUT2D eigenvalue weighted by molar-refractivity contribution is 6.00. The molecule has 5 aromatic carbocycles. The van der Waals surface area contributed by atoms with E-state index < -0.39 is 0 Å². The lowest BCUT2D eigenvalue weighted by Crippen LogP contribution is -2.71. The third-order valence-electron chi connectivity index (χ3n) is 11.0. The second kappa shape index (κ2) is 18.3. The summed E-state index contributed by atoms with van der Waals surface area (Å²) in [7, 11) is 0. The number of anilines is 3. The molecule has 6 aromatic rings. The van der Waals surface area contributed by atoms with Crippen molar-refractivity contribution in [3.8, 4) is 5.69 Å². The standard InChI is InChI=1S/C49H56N8/c1-33-26-38(22-23-40(33)50)55-44-28-35(3)42(31-45(44)54-37-18-12-10-13-19-37)52-24-16-8-6-5-7-9-17-25-53-43-32-49-47(29-36(43)4)56-46-27-34(2)41(51)30-48(46)57(49)39-20-14-11-15-21-39/h10-15,18-21,23,26-32,52,54H,5-9,16-17,22,24-25,50H2,1-4H3,(H2,51,53)/p+2. The number of hydrogen-bond acceptors (Lipinski definition) is 6. The Kier molecular flexibility index (Phi) is 12.6. The number of nitrogens with two attached hydrogens (primary N) is 3. The van der Waals surface area contributed by atoms with E-state index in [4.69, 9.17) is 21.4 Å². The Morgan fingerprint density at radius 2 is 1.25 bits per heavy atom. The van der Waals surface area contributed by atoms with E-state index in [-0.39, 0.29) is 0 Å². The maximum atomic E-state index is 6.40. The molecule has 292 valence electrons. The van der Waals surface area contributed by atoms with Crippen molar-refractivity contribution in [2.45, 2.75) is 79.1 Å². The number of quaternary nitrogens is 1. The minimum atomic E-state index is 0.747. The number of aryl methyl sites for hydroxylation is 3. The number of allylic oxidation sites excluding steroid dienone is 3. The lowest BCUT2D eigenvalue weighted by atomic mass is 10.0. The van der Waals surface area contributed by atoms with Crippen LogP contribution in [0.4, 0.5) is 34.1 Å². The summed E-state index contributed by atoms with van der Waals surface area (Å²) >= 11 is 0. The summed E-state index contributed by atoms with van der Waals surface area (Å²) in [5.41, 5.74) is 30.4. The quantitative estimate of drug-likeness (QED) is 0.0291. The number of hydrogen-bond donors (Lipinski definition) is 5. The summed E-state index contributed by atoms with van der Waals surface area (Å²) in [4.78, 5) is 10.2. The fourth-order valence-corrected chi connectivity index (χ4v) is 7.64. The molecular weight excluding hydrogens is 701 g/mol. The number of para-hydroxylation sites is 2. The van der Waals surface area contributed by atoms with Gasteiger partial charge in [-0.3, -0.25) is 5.32 Å². The number of nitrogens with zero attached hydrogens (tertiary/aromatic N) is 3. The van der Waals surface area contributed by atoms with E-state index in [9.17, 15) is 0 Å². The van der Waals surface area contributed by atoms with Crippen molar-refractivity contribution < 1.29 is 9.88 Å². The molecule has 0 unspecified atom stereocenters. The molecule has 0 amide bonds. The van der Waals surface area contributed by atoms with Gasteiger partial charge in [-0.25, -0.2) is 9.98 Å². The SMILES string of the molecule is CC1=CC(=Nc2cc(C)c(NCCCCCCCCCNc3cc4c(cc3C)nc3cc(C)c(N)cc3[n+]4-c3ccccc3)cc2[NH2+]c2ccccc2)CC=C1N. The summed E-state index contributed by atoms with van der Waals surface area (Å²) < 4.78 is 2.29. The van der Waals surface area contributed by atoms with Crippen LogP contribution in [0.5, 0.6) is 0 Å². The minimum Gasteiger partial charge on any atom is -0.399 e. The molecule has 7 rings (SSSR count). The first-order chi connectivity index (χ1) is 27.7. The molecule has 1 aliphatic rings. The third kappa shape index (κ3) is 9.70. The predicted molar refractivity (Wildman–Crippen MR) is 241 cm³/mol. The van der Waals surface area contributed by atoms with E-state index in [1.54, 1.807) is 0 Å². The summed E-state index contributed by atoms with van der Waals surface area (Å²) in [6.45, 7) is 10.3. The molecule has 0 fully saturated rings. The van der Waals surface area contributed by atoms with Crippen molar-refractivity contribution >= 4 is 61.9 Å². The van der Waals surface area contributed by atoms with Gasteiger partial charge >= 0.3 is 0 Å². The Balaban J connectivity index is 0.884. The number of aliphatic imine (C=N–C) groups is 1. The molecular formula is C49H58N8+2. The largest absolute Gasteiger partial charge is 0.399 e. The van der Waals surface area contributed by atoms with Crippen molar-refractivity contribution in [2.24, 2.45) is 10.7 Å². The van der Waals surface area contributed by atoms with Crippen molar-refractivity contribution in [1.82, 2.24) is 4.98 Å². The van der Waals surface area contributed by atoms with E-state index >= 15 is 0 Å². The lowest BCUT2D eigenvalue weighted by Gasteiger charge is -2.14. The molecule has 8 nitrogen and oxygen atoms in total. The van der Waals surface area contributed by atoms with Crippen LogP contribution in [-0.4, -0.2) is 23.8 Å². The fraction of sp³-hybridized carbons (Fsp3) is 0.286. The molecule has 1 heterocycles. The summed E-state index contributed by atoms with van der Waals surface area (Å²) in [6, 6.07) is 34.0.